The molecule has 2 N–H and O–H groups in total. The van der Waals surface area contributed by atoms with Gasteiger partial charge in [0.15, 0.2) is 0 Å². The summed E-state index contributed by atoms with van der Waals surface area (Å²) in [7, 11) is 0. The van der Waals surface area contributed by atoms with E-state index < -0.39 is 0 Å². The third-order valence-electron chi connectivity index (χ3n) is 2.39. The van der Waals surface area contributed by atoms with Crippen molar-refractivity contribution in [3.8, 4) is 0 Å². The minimum absolute atomic E-state index is 0.00472. The molecule has 1 saturated heterocycles. The normalized spacial score (nSPS) is 29.2. The van der Waals surface area contributed by atoms with Crippen LogP contribution in [0.5, 0.6) is 0 Å². The van der Waals surface area contributed by atoms with Crippen molar-refractivity contribution in [3.05, 3.63) is 0 Å². The number of aliphatic hydroxyl groups is 1. The molecular formula is C8H17NO2. The van der Waals surface area contributed by atoms with Crippen LogP contribution in [0, 0.1) is 0 Å². The molecule has 0 aromatic rings. The van der Waals surface area contributed by atoms with E-state index in [1.807, 2.05) is 0 Å². The molecule has 1 atom stereocenters. The predicted octanol–water partition coefficient (Wildman–Crippen LogP) is 0.483. The second-order valence-electron chi connectivity index (χ2n) is 3.00. The lowest BCUT2D eigenvalue weighted by atomic mass is 10.1. The van der Waals surface area contributed by atoms with Crippen LogP contribution in [0.15, 0.2) is 0 Å². The summed E-state index contributed by atoms with van der Waals surface area (Å²) < 4.78 is 5.64. The van der Waals surface area contributed by atoms with Crippen LogP contribution in [-0.4, -0.2) is 30.1 Å². The maximum atomic E-state index is 8.82. The van der Waals surface area contributed by atoms with E-state index in [4.69, 9.17) is 9.84 Å². The molecule has 0 bridgehead atoms. The maximum Gasteiger partial charge on any atom is 0.119 e. The number of hydrogen-bond donors (Lipinski definition) is 2. The Hall–Kier alpha value is -0.120. The Balaban J connectivity index is 2.48. The average molecular weight is 159 g/mol. The molecule has 3 heteroatoms. The molecule has 1 aliphatic heterocycles. The molecule has 0 saturated carbocycles. The summed E-state index contributed by atoms with van der Waals surface area (Å²) in [5.41, 5.74) is -0.159. The van der Waals surface area contributed by atoms with Gasteiger partial charge in [0.2, 0.25) is 0 Å². The van der Waals surface area contributed by atoms with Crippen molar-refractivity contribution in [1.82, 2.24) is 5.32 Å². The van der Waals surface area contributed by atoms with Crippen molar-refractivity contribution in [2.45, 2.75) is 38.5 Å². The Bertz CT molecular complexity index is 123. The summed E-state index contributed by atoms with van der Waals surface area (Å²) in [5, 5.41) is 12.1. The summed E-state index contributed by atoms with van der Waals surface area (Å²) in [6.07, 6.45) is 1.91. The molecule has 0 aromatic heterocycles. The molecule has 0 amide bonds. The van der Waals surface area contributed by atoms with E-state index in [0.717, 1.165) is 19.4 Å². The van der Waals surface area contributed by atoms with Gasteiger partial charge in [-0.2, -0.15) is 0 Å². The standard InChI is InChI=1S/C8H17NO2/c1-3-8(4-2)9-5-7(6-10)11-8/h7,9-10H,3-6H2,1-2H3. The predicted molar refractivity (Wildman–Crippen MR) is 43.3 cm³/mol. The minimum Gasteiger partial charge on any atom is -0.394 e. The van der Waals surface area contributed by atoms with Gasteiger partial charge in [0, 0.05) is 6.54 Å². The topological polar surface area (TPSA) is 41.5 Å². The molecule has 66 valence electrons. The largest absolute Gasteiger partial charge is 0.394 e. The second kappa shape index (κ2) is 3.52. The van der Waals surface area contributed by atoms with Gasteiger partial charge >= 0.3 is 0 Å². The number of rotatable bonds is 3. The Morgan fingerprint density at radius 2 is 2.18 bits per heavy atom. The van der Waals surface area contributed by atoms with Crippen LogP contribution in [0.25, 0.3) is 0 Å². The van der Waals surface area contributed by atoms with Crippen molar-refractivity contribution < 1.29 is 9.84 Å². The third kappa shape index (κ3) is 1.72. The van der Waals surface area contributed by atoms with Gasteiger partial charge in [-0.05, 0) is 12.8 Å². The molecule has 1 aliphatic rings. The first-order valence-corrected chi connectivity index (χ1v) is 4.30. The molecule has 1 fully saturated rings. The Morgan fingerprint density at radius 1 is 1.55 bits per heavy atom. The first-order chi connectivity index (χ1) is 5.26. The number of ether oxygens (including phenoxy) is 1. The lowest BCUT2D eigenvalue weighted by molar-refractivity contribution is -0.0701. The zero-order valence-electron chi connectivity index (χ0n) is 7.26. The fraction of sp³-hybridized carbons (Fsp3) is 1.00. The van der Waals surface area contributed by atoms with E-state index in [0.29, 0.717) is 0 Å². The highest BCUT2D eigenvalue weighted by molar-refractivity contribution is 4.84. The molecule has 0 spiro atoms. The second-order valence-corrected chi connectivity index (χ2v) is 3.00. The Labute approximate surface area is 67.7 Å². The maximum absolute atomic E-state index is 8.82. The molecule has 0 radical (unpaired) electrons. The smallest absolute Gasteiger partial charge is 0.119 e. The summed E-state index contributed by atoms with van der Waals surface area (Å²) in [5.74, 6) is 0. The number of aliphatic hydroxyl groups excluding tert-OH is 1. The minimum atomic E-state index is -0.159. The summed E-state index contributed by atoms with van der Waals surface area (Å²) in [4.78, 5) is 0. The van der Waals surface area contributed by atoms with Crippen molar-refractivity contribution in [2.24, 2.45) is 0 Å². The van der Waals surface area contributed by atoms with Crippen LogP contribution in [0.1, 0.15) is 26.7 Å². The van der Waals surface area contributed by atoms with Crippen LogP contribution >= 0.6 is 0 Å². The van der Waals surface area contributed by atoms with E-state index in [9.17, 15) is 0 Å². The van der Waals surface area contributed by atoms with Crippen LogP contribution in [0.3, 0.4) is 0 Å². The third-order valence-corrected chi connectivity index (χ3v) is 2.39. The molecule has 3 nitrogen and oxygen atoms in total. The molecule has 0 aliphatic carbocycles. The van der Waals surface area contributed by atoms with E-state index in [2.05, 4.69) is 19.2 Å². The zero-order chi connectivity index (χ0) is 8.32. The molecule has 1 unspecified atom stereocenters. The van der Waals surface area contributed by atoms with Crippen molar-refractivity contribution in [1.29, 1.82) is 0 Å². The fourth-order valence-corrected chi connectivity index (χ4v) is 1.47. The van der Waals surface area contributed by atoms with Gasteiger partial charge in [-0.15, -0.1) is 0 Å². The van der Waals surface area contributed by atoms with Gasteiger partial charge in [-0.25, -0.2) is 0 Å². The highest BCUT2D eigenvalue weighted by Gasteiger charge is 2.35. The average Bonchev–Trinajstić information content (AvgIpc) is 2.49. The highest BCUT2D eigenvalue weighted by Crippen LogP contribution is 2.23. The lowest BCUT2D eigenvalue weighted by Gasteiger charge is -2.26. The van der Waals surface area contributed by atoms with Crippen molar-refractivity contribution >= 4 is 0 Å². The summed E-state index contributed by atoms with van der Waals surface area (Å²) >= 11 is 0. The van der Waals surface area contributed by atoms with Crippen LogP contribution in [-0.2, 0) is 4.74 Å². The molecule has 0 aromatic carbocycles. The molecule has 1 rings (SSSR count). The van der Waals surface area contributed by atoms with Gasteiger partial charge in [0.05, 0.1) is 12.7 Å². The molecule has 1 heterocycles. The first-order valence-electron chi connectivity index (χ1n) is 4.30. The van der Waals surface area contributed by atoms with Crippen LogP contribution in [0.4, 0.5) is 0 Å². The lowest BCUT2D eigenvalue weighted by Crippen LogP contribution is -2.39. The first kappa shape index (κ1) is 8.97. The highest BCUT2D eigenvalue weighted by atomic mass is 16.5. The number of hydrogen-bond acceptors (Lipinski definition) is 3. The van der Waals surface area contributed by atoms with Crippen LogP contribution < -0.4 is 5.32 Å². The Morgan fingerprint density at radius 3 is 2.45 bits per heavy atom. The van der Waals surface area contributed by atoms with Crippen LogP contribution in [0.2, 0.25) is 0 Å². The SMILES string of the molecule is CCC1(CC)NCC(CO)O1. The van der Waals surface area contributed by atoms with E-state index in [1.54, 1.807) is 0 Å². The summed E-state index contributed by atoms with van der Waals surface area (Å²) in [6.45, 7) is 5.08. The monoisotopic (exact) mass is 159 g/mol. The van der Waals surface area contributed by atoms with E-state index in [-0.39, 0.29) is 18.4 Å². The zero-order valence-corrected chi connectivity index (χ0v) is 7.26. The number of nitrogens with one attached hydrogen (secondary N) is 1. The van der Waals surface area contributed by atoms with Gasteiger partial charge in [0.1, 0.15) is 5.72 Å². The fourth-order valence-electron chi connectivity index (χ4n) is 1.47. The van der Waals surface area contributed by atoms with Crippen molar-refractivity contribution in [2.75, 3.05) is 13.2 Å². The van der Waals surface area contributed by atoms with Gasteiger partial charge in [0.25, 0.3) is 0 Å². The Kier molecular flexibility index (Phi) is 2.87. The van der Waals surface area contributed by atoms with Gasteiger partial charge in [-0.1, -0.05) is 13.8 Å². The van der Waals surface area contributed by atoms with Gasteiger partial charge in [-0.3, -0.25) is 5.32 Å². The quantitative estimate of drug-likeness (QED) is 0.629. The van der Waals surface area contributed by atoms with E-state index in [1.165, 1.54) is 0 Å². The molecule has 11 heavy (non-hydrogen) atoms. The van der Waals surface area contributed by atoms with Gasteiger partial charge < -0.3 is 9.84 Å². The van der Waals surface area contributed by atoms with E-state index >= 15 is 0 Å². The molecular weight excluding hydrogens is 142 g/mol. The van der Waals surface area contributed by atoms with Crippen molar-refractivity contribution in [3.63, 3.8) is 0 Å². The summed E-state index contributed by atoms with van der Waals surface area (Å²) in [6, 6.07) is 0.